The number of thiazole rings is 1. The smallest absolute Gasteiger partial charge is 0.322 e. The number of nitrogens with zero attached hydrogens (tertiary/aromatic N) is 2. The van der Waals surface area contributed by atoms with Crippen molar-refractivity contribution in [2.45, 2.75) is 6.92 Å². The maximum atomic E-state index is 11.3. The fourth-order valence-electron chi connectivity index (χ4n) is 1.46. The van der Waals surface area contributed by atoms with Crippen molar-refractivity contribution < 1.29 is 4.79 Å². The van der Waals surface area contributed by atoms with Gasteiger partial charge in [-0.15, -0.1) is 0 Å². The van der Waals surface area contributed by atoms with Gasteiger partial charge >= 0.3 is 6.03 Å². The summed E-state index contributed by atoms with van der Waals surface area (Å²) in [6.45, 7) is 1.99. The quantitative estimate of drug-likeness (QED) is 0.732. The van der Waals surface area contributed by atoms with Gasteiger partial charge in [0.05, 0.1) is 17.2 Å². The minimum Gasteiger partial charge on any atom is -0.325 e. The van der Waals surface area contributed by atoms with Gasteiger partial charge in [-0.25, -0.2) is 9.78 Å². The van der Waals surface area contributed by atoms with E-state index in [2.05, 4.69) is 20.6 Å². The first kappa shape index (κ1) is 12.5. The molecule has 0 saturated heterocycles. The molecule has 7 heteroatoms. The van der Waals surface area contributed by atoms with Crippen molar-refractivity contribution in [3.8, 4) is 10.4 Å². The zero-order chi connectivity index (χ0) is 13.0. The number of hydrogen-bond acceptors (Lipinski definition) is 5. The number of rotatable bonds is 3. The lowest BCUT2D eigenvalue weighted by Crippen LogP contribution is -2.33. The van der Waals surface area contributed by atoms with E-state index in [4.69, 9.17) is 5.73 Å². The summed E-state index contributed by atoms with van der Waals surface area (Å²) in [6, 6.07) is 3.46. The molecule has 94 valence electrons. The van der Waals surface area contributed by atoms with Gasteiger partial charge < -0.3 is 11.1 Å². The molecule has 2 rings (SSSR count). The highest BCUT2D eigenvalue weighted by molar-refractivity contribution is 7.19. The Morgan fingerprint density at radius 1 is 1.44 bits per heavy atom. The molecule has 0 unspecified atom stereocenters. The van der Waals surface area contributed by atoms with Crippen LogP contribution < -0.4 is 16.4 Å². The summed E-state index contributed by atoms with van der Waals surface area (Å²) < 4.78 is 0. The van der Waals surface area contributed by atoms with Crippen molar-refractivity contribution in [1.29, 1.82) is 0 Å². The minimum atomic E-state index is -0.354. The van der Waals surface area contributed by atoms with Crippen LogP contribution in [-0.4, -0.2) is 22.7 Å². The molecule has 2 aromatic rings. The number of carbonyl (C=O) groups is 1. The Kier molecular flexibility index (Phi) is 3.85. The molecule has 0 spiro atoms. The van der Waals surface area contributed by atoms with E-state index in [1.54, 1.807) is 12.4 Å². The van der Waals surface area contributed by atoms with Crippen molar-refractivity contribution in [3.05, 3.63) is 30.2 Å². The van der Waals surface area contributed by atoms with Crippen LogP contribution in [-0.2, 0) is 0 Å². The Hall–Kier alpha value is -1.99. The minimum absolute atomic E-state index is 0.0907. The van der Waals surface area contributed by atoms with Gasteiger partial charge in [0.15, 0.2) is 5.13 Å². The molecule has 0 aliphatic carbocycles. The van der Waals surface area contributed by atoms with E-state index in [1.165, 1.54) is 11.3 Å². The van der Waals surface area contributed by atoms with Crippen LogP contribution in [0.5, 0.6) is 0 Å². The lowest BCUT2D eigenvalue weighted by atomic mass is 10.2. The van der Waals surface area contributed by atoms with E-state index < -0.39 is 0 Å². The molecule has 0 atom stereocenters. The summed E-state index contributed by atoms with van der Waals surface area (Å²) in [5.41, 5.74) is 7.12. The molecule has 2 heterocycles. The van der Waals surface area contributed by atoms with Crippen molar-refractivity contribution in [3.63, 3.8) is 0 Å². The van der Waals surface area contributed by atoms with Gasteiger partial charge in [0.25, 0.3) is 0 Å². The molecule has 4 N–H and O–H groups in total. The van der Waals surface area contributed by atoms with Crippen LogP contribution in [0.4, 0.5) is 9.93 Å². The number of nitrogens with two attached hydrogens (primary N) is 1. The van der Waals surface area contributed by atoms with Crippen LogP contribution in [0.15, 0.2) is 24.5 Å². The van der Waals surface area contributed by atoms with Crippen molar-refractivity contribution in [2.75, 3.05) is 12.0 Å². The largest absolute Gasteiger partial charge is 0.325 e. The molecule has 0 bridgehead atoms. The number of anilines is 1. The molecule has 0 aliphatic heterocycles. The van der Waals surface area contributed by atoms with E-state index in [0.717, 1.165) is 16.1 Å². The van der Waals surface area contributed by atoms with Gasteiger partial charge in [-0.05, 0) is 24.6 Å². The third kappa shape index (κ3) is 2.82. The Bertz CT molecular complexity index is 540. The number of hydrogen-bond donors (Lipinski definition) is 3. The third-order valence-corrected chi connectivity index (χ3v) is 3.34. The lowest BCUT2D eigenvalue weighted by molar-refractivity contribution is 0.252. The average molecular weight is 263 g/mol. The molecule has 2 amide bonds. The summed E-state index contributed by atoms with van der Waals surface area (Å²) in [4.78, 5) is 20.6. The zero-order valence-electron chi connectivity index (χ0n) is 9.80. The highest BCUT2D eigenvalue weighted by Crippen LogP contribution is 2.32. The highest BCUT2D eigenvalue weighted by atomic mass is 32.1. The van der Waals surface area contributed by atoms with Gasteiger partial charge in [-0.1, -0.05) is 11.3 Å². The van der Waals surface area contributed by atoms with E-state index in [0.29, 0.717) is 5.13 Å². The molecule has 0 saturated carbocycles. The summed E-state index contributed by atoms with van der Waals surface area (Å²) in [7, 11) is 0. The van der Waals surface area contributed by atoms with E-state index >= 15 is 0 Å². The van der Waals surface area contributed by atoms with Gasteiger partial charge in [-0.3, -0.25) is 10.3 Å². The number of amides is 2. The fourth-order valence-corrected chi connectivity index (χ4v) is 2.42. The first-order chi connectivity index (χ1) is 8.70. The summed E-state index contributed by atoms with van der Waals surface area (Å²) in [5.74, 6) is 0. The maximum absolute atomic E-state index is 11.3. The van der Waals surface area contributed by atoms with Crippen LogP contribution in [0.1, 0.15) is 5.69 Å². The topological polar surface area (TPSA) is 92.9 Å². The molecule has 2 aromatic heterocycles. The van der Waals surface area contributed by atoms with Gasteiger partial charge in [0, 0.05) is 12.4 Å². The van der Waals surface area contributed by atoms with Crippen LogP contribution in [0.3, 0.4) is 0 Å². The number of urea groups is 1. The number of aryl methyl sites for hydroxylation is 1. The van der Waals surface area contributed by atoms with Crippen LogP contribution in [0, 0.1) is 6.92 Å². The summed E-state index contributed by atoms with van der Waals surface area (Å²) in [5, 5.41) is 5.63. The van der Waals surface area contributed by atoms with Gasteiger partial charge in [0.2, 0.25) is 0 Å². The lowest BCUT2D eigenvalue weighted by Gasteiger charge is -2.00. The van der Waals surface area contributed by atoms with E-state index in [-0.39, 0.29) is 12.7 Å². The van der Waals surface area contributed by atoms with Crippen molar-refractivity contribution in [1.82, 2.24) is 15.3 Å². The standard InChI is InChI=1S/C11H13N5OS/c1-7-9(8-2-4-13-5-3-8)18-11(15-7)16-10(17)14-6-12/h2-5H,6,12H2,1H3,(H2,14,15,16,17). The van der Waals surface area contributed by atoms with E-state index in [9.17, 15) is 4.79 Å². The number of nitrogens with one attached hydrogen (secondary N) is 2. The first-order valence-electron chi connectivity index (χ1n) is 5.33. The van der Waals surface area contributed by atoms with Gasteiger partial charge in [0.1, 0.15) is 0 Å². The maximum Gasteiger partial charge on any atom is 0.322 e. The van der Waals surface area contributed by atoms with Crippen molar-refractivity contribution in [2.24, 2.45) is 5.73 Å². The molecule has 0 radical (unpaired) electrons. The molecule has 18 heavy (non-hydrogen) atoms. The monoisotopic (exact) mass is 263 g/mol. The Morgan fingerprint density at radius 2 is 2.17 bits per heavy atom. The second-order valence-corrected chi connectivity index (χ2v) is 4.50. The highest BCUT2D eigenvalue weighted by Gasteiger charge is 2.11. The Labute approximate surface area is 108 Å². The summed E-state index contributed by atoms with van der Waals surface area (Å²) in [6.07, 6.45) is 3.45. The SMILES string of the molecule is Cc1nc(NC(=O)NCN)sc1-c1ccncc1. The Balaban J connectivity index is 2.20. The number of carbonyl (C=O) groups excluding carboxylic acids is 1. The predicted molar refractivity (Wildman–Crippen MR) is 71.3 cm³/mol. The molecule has 0 aromatic carbocycles. The predicted octanol–water partition coefficient (Wildman–Crippen LogP) is 1.55. The van der Waals surface area contributed by atoms with Crippen molar-refractivity contribution >= 4 is 22.5 Å². The first-order valence-corrected chi connectivity index (χ1v) is 6.15. The fraction of sp³-hybridized carbons (Fsp3) is 0.182. The average Bonchev–Trinajstić information content (AvgIpc) is 2.71. The molecule has 6 nitrogen and oxygen atoms in total. The van der Waals surface area contributed by atoms with Crippen LogP contribution in [0.25, 0.3) is 10.4 Å². The summed E-state index contributed by atoms with van der Waals surface area (Å²) >= 11 is 1.42. The molecule has 0 fully saturated rings. The van der Waals surface area contributed by atoms with E-state index in [1.807, 2.05) is 19.1 Å². The Morgan fingerprint density at radius 3 is 2.83 bits per heavy atom. The number of aromatic nitrogens is 2. The second kappa shape index (κ2) is 5.56. The zero-order valence-corrected chi connectivity index (χ0v) is 10.6. The second-order valence-electron chi connectivity index (χ2n) is 3.50. The van der Waals surface area contributed by atoms with Gasteiger partial charge in [-0.2, -0.15) is 0 Å². The van der Waals surface area contributed by atoms with Crippen LogP contribution >= 0.6 is 11.3 Å². The normalized spacial score (nSPS) is 10.1. The third-order valence-electron chi connectivity index (χ3n) is 2.22. The molecular weight excluding hydrogens is 250 g/mol. The number of pyridine rings is 1. The molecule has 0 aliphatic rings. The molecular formula is C11H13N5OS. The van der Waals surface area contributed by atoms with Crippen LogP contribution in [0.2, 0.25) is 0 Å².